The van der Waals surface area contributed by atoms with E-state index in [1.165, 1.54) is 4.70 Å². The Morgan fingerprint density at radius 3 is 2.67 bits per heavy atom. The number of nitrogens with one attached hydrogen (secondary N) is 1. The molecule has 1 unspecified atom stereocenters. The summed E-state index contributed by atoms with van der Waals surface area (Å²) in [4.78, 5) is 32.3. The number of fused-ring (bicyclic) bond motifs is 2. The summed E-state index contributed by atoms with van der Waals surface area (Å²) in [6, 6.07) is 13.8. The van der Waals surface area contributed by atoms with Crippen molar-refractivity contribution in [2.24, 2.45) is 0 Å². The molecule has 1 aliphatic heterocycles. The summed E-state index contributed by atoms with van der Waals surface area (Å²) in [7, 11) is 2.02. The zero-order valence-corrected chi connectivity index (χ0v) is 16.5. The van der Waals surface area contributed by atoms with Gasteiger partial charge in [-0.25, -0.2) is 4.98 Å². The Balaban J connectivity index is 1.54. The lowest BCUT2D eigenvalue weighted by Crippen LogP contribution is -3.09. The van der Waals surface area contributed by atoms with Crippen LogP contribution in [-0.4, -0.2) is 30.4 Å². The second kappa shape index (κ2) is 6.87. The molecule has 1 aromatic heterocycles. The summed E-state index contributed by atoms with van der Waals surface area (Å²) in [5.74, 6) is -0.519. The van der Waals surface area contributed by atoms with Crippen LogP contribution in [0.3, 0.4) is 0 Å². The second-order valence-electron chi connectivity index (χ2n) is 7.36. The molecule has 0 saturated carbocycles. The van der Waals surface area contributed by atoms with Crippen molar-refractivity contribution in [2.75, 3.05) is 18.6 Å². The average Bonchev–Trinajstić information content (AvgIpc) is 3.15. The van der Waals surface area contributed by atoms with Crippen LogP contribution in [-0.2, 0) is 11.3 Å². The third-order valence-electron chi connectivity index (χ3n) is 4.88. The number of anilines is 1. The molecular weight excluding hydrogens is 358 g/mol. The number of amides is 1. The maximum atomic E-state index is 12.5. The van der Waals surface area contributed by atoms with Gasteiger partial charge in [0.25, 0.3) is 5.78 Å². The molecule has 1 atom stereocenters. The highest BCUT2D eigenvalue weighted by Gasteiger charge is 2.37. The lowest BCUT2D eigenvalue weighted by Gasteiger charge is -2.21. The maximum absolute atomic E-state index is 12.5. The third kappa shape index (κ3) is 3.26. The minimum Gasteiger partial charge on any atom is -0.314 e. The van der Waals surface area contributed by atoms with E-state index in [-0.39, 0.29) is 0 Å². The van der Waals surface area contributed by atoms with Crippen LogP contribution in [0.2, 0.25) is 0 Å². The summed E-state index contributed by atoms with van der Waals surface area (Å²) < 4.78 is 1.17. The van der Waals surface area contributed by atoms with Gasteiger partial charge >= 0.3 is 5.91 Å². The Bertz CT molecular complexity index is 1010. The summed E-state index contributed by atoms with van der Waals surface area (Å²) in [5.41, 5.74) is 3.33. The number of nitrogens with zero attached hydrogens (tertiary/aromatic N) is 2. The summed E-state index contributed by atoms with van der Waals surface area (Å²) in [6.45, 7) is 5.30. The van der Waals surface area contributed by atoms with Gasteiger partial charge in [0, 0.05) is 0 Å². The number of hydrogen-bond acceptors (Lipinski definition) is 4. The van der Waals surface area contributed by atoms with E-state index in [9.17, 15) is 9.59 Å². The van der Waals surface area contributed by atoms with Gasteiger partial charge in [-0.3, -0.25) is 14.5 Å². The molecule has 1 amide bonds. The van der Waals surface area contributed by atoms with Crippen molar-refractivity contribution in [2.45, 2.75) is 26.3 Å². The van der Waals surface area contributed by atoms with Gasteiger partial charge in [0.15, 0.2) is 6.67 Å². The van der Waals surface area contributed by atoms with Crippen LogP contribution in [0, 0.1) is 0 Å². The number of carbonyl (C=O) groups excluding carboxylic acids is 2. The summed E-state index contributed by atoms with van der Waals surface area (Å²) >= 11 is 1.67. The van der Waals surface area contributed by atoms with Gasteiger partial charge < -0.3 is 4.90 Å². The monoisotopic (exact) mass is 380 g/mol. The van der Waals surface area contributed by atoms with Crippen LogP contribution < -0.4 is 9.80 Å². The number of benzene rings is 2. The molecule has 2 heterocycles. The van der Waals surface area contributed by atoms with E-state index < -0.39 is 11.7 Å². The van der Waals surface area contributed by atoms with Gasteiger partial charge in [-0.05, 0) is 35.7 Å². The molecule has 3 aromatic rings. The number of quaternary nitrogens is 1. The average molecular weight is 380 g/mol. The van der Waals surface area contributed by atoms with E-state index >= 15 is 0 Å². The molecule has 0 fully saturated rings. The minimum atomic E-state index is -0.436. The lowest BCUT2D eigenvalue weighted by molar-refractivity contribution is -0.892. The highest BCUT2D eigenvalue weighted by atomic mass is 32.1. The van der Waals surface area contributed by atoms with Gasteiger partial charge in [0.05, 0.1) is 28.5 Å². The Morgan fingerprint density at radius 2 is 1.93 bits per heavy atom. The van der Waals surface area contributed by atoms with Gasteiger partial charge in [-0.1, -0.05) is 32.0 Å². The Morgan fingerprint density at radius 1 is 1.15 bits per heavy atom. The van der Waals surface area contributed by atoms with Gasteiger partial charge in [0.1, 0.15) is 11.6 Å². The van der Waals surface area contributed by atoms with Gasteiger partial charge in [-0.2, -0.15) is 0 Å². The van der Waals surface area contributed by atoms with E-state index in [0.717, 1.165) is 26.7 Å². The largest absolute Gasteiger partial charge is 0.314 e. The maximum Gasteiger partial charge on any atom is 0.303 e. The Labute approximate surface area is 162 Å². The number of carbonyl (C=O) groups is 2. The number of ketones is 1. The molecule has 4 rings (SSSR count). The standard InChI is InChI=1S/C21H21N3O2S/c1-13(2)14-8-9-17-15(10-14)20(25)21(26)24(17)12-23(3)11-19-22-16-6-4-5-7-18(16)27-19/h4-10,13H,11-12H2,1-3H3/p+1. The summed E-state index contributed by atoms with van der Waals surface area (Å²) in [5, 5.41) is 1.03. The smallest absolute Gasteiger partial charge is 0.303 e. The van der Waals surface area contributed by atoms with Crippen molar-refractivity contribution in [3.8, 4) is 0 Å². The number of hydrogen-bond donors (Lipinski definition) is 1. The normalized spacial score (nSPS) is 15.0. The summed E-state index contributed by atoms with van der Waals surface area (Å²) in [6.07, 6.45) is 0. The number of Topliss-reactive ketones (excluding diaryl/α,β-unsaturated/α-hetero) is 1. The number of para-hydroxylation sites is 1. The quantitative estimate of drug-likeness (QED) is 0.693. The predicted molar refractivity (Wildman–Crippen MR) is 107 cm³/mol. The van der Waals surface area contributed by atoms with Crippen LogP contribution in [0.1, 0.15) is 40.7 Å². The molecule has 0 spiro atoms. The molecule has 138 valence electrons. The minimum absolute atomic E-state index is 0.319. The van der Waals surface area contributed by atoms with Crippen LogP contribution in [0.5, 0.6) is 0 Å². The predicted octanol–water partition coefficient (Wildman–Crippen LogP) is 2.62. The van der Waals surface area contributed by atoms with Gasteiger partial charge in [0.2, 0.25) is 0 Å². The third-order valence-corrected chi connectivity index (χ3v) is 5.92. The number of aromatic nitrogens is 1. The van der Waals surface area contributed by atoms with Crippen molar-refractivity contribution < 1.29 is 14.5 Å². The van der Waals surface area contributed by atoms with Crippen LogP contribution in [0.25, 0.3) is 10.2 Å². The first-order chi connectivity index (χ1) is 12.9. The van der Waals surface area contributed by atoms with Crippen LogP contribution in [0.15, 0.2) is 42.5 Å². The van der Waals surface area contributed by atoms with Crippen molar-refractivity contribution in [3.05, 3.63) is 58.6 Å². The molecule has 0 aliphatic carbocycles. The SMILES string of the molecule is CC(C)c1ccc2c(c1)C(=O)C(=O)N2C[NH+](C)Cc1nc2ccccc2s1. The fraction of sp³-hybridized carbons (Fsp3) is 0.286. The molecular formula is C21H22N3O2S+. The molecule has 1 N–H and O–H groups in total. The first-order valence-electron chi connectivity index (χ1n) is 9.10. The number of rotatable bonds is 5. The first kappa shape index (κ1) is 17.8. The van der Waals surface area contributed by atoms with Gasteiger partial charge in [-0.15, -0.1) is 11.3 Å². The van der Waals surface area contributed by atoms with Crippen molar-refractivity contribution in [1.82, 2.24) is 4.98 Å². The second-order valence-corrected chi connectivity index (χ2v) is 8.48. The molecule has 0 bridgehead atoms. The van der Waals surface area contributed by atoms with Crippen LogP contribution >= 0.6 is 11.3 Å². The molecule has 6 heteroatoms. The van der Waals surface area contributed by atoms with E-state index in [1.807, 2.05) is 43.4 Å². The van der Waals surface area contributed by atoms with E-state index in [4.69, 9.17) is 0 Å². The molecule has 0 radical (unpaired) electrons. The Hall–Kier alpha value is -2.57. The molecule has 0 saturated heterocycles. The van der Waals surface area contributed by atoms with Crippen molar-refractivity contribution >= 4 is 38.9 Å². The fourth-order valence-corrected chi connectivity index (χ4v) is 4.49. The molecule has 1 aliphatic rings. The van der Waals surface area contributed by atoms with E-state index in [0.29, 0.717) is 24.7 Å². The van der Waals surface area contributed by atoms with E-state index in [2.05, 4.69) is 24.9 Å². The number of thiazole rings is 1. The van der Waals surface area contributed by atoms with E-state index in [1.54, 1.807) is 16.2 Å². The zero-order valence-electron chi connectivity index (χ0n) is 15.7. The highest BCUT2D eigenvalue weighted by Crippen LogP contribution is 2.31. The Kier molecular flexibility index (Phi) is 4.53. The molecule has 5 nitrogen and oxygen atoms in total. The van der Waals surface area contributed by atoms with Crippen molar-refractivity contribution in [1.29, 1.82) is 0 Å². The topological polar surface area (TPSA) is 54.7 Å². The highest BCUT2D eigenvalue weighted by molar-refractivity contribution is 7.18. The van der Waals surface area contributed by atoms with Crippen molar-refractivity contribution in [3.63, 3.8) is 0 Å². The van der Waals surface area contributed by atoms with Crippen LogP contribution in [0.4, 0.5) is 5.69 Å². The zero-order chi connectivity index (χ0) is 19.1. The molecule has 27 heavy (non-hydrogen) atoms. The lowest BCUT2D eigenvalue weighted by atomic mass is 9.99. The molecule has 2 aromatic carbocycles. The fourth-order valence-electron chi connectivity index (χ4n) is 3.41. The first-order valence-corrected chi connectivity index (χ1v) is 9.91.